The van der Waals surface area contributed by atoms with Crippen molar-refractivity contribution in [1.29, 1.82) is 0 Å². The molecule has 1 N–H and O–H groups in total. The molecule has 0 radical (unpaired) electrons. The number of benzene rings is 2. The van der Waals surface area contributed by atoms with Crippen LogP contribution in [0, 0.1) is 0 Å². The molecule has 0 amide bonds. The summed E-state index contributed by atoms with van der Waals surface area (Å²) in [6.07, 6.45) is 3.06. The first-order valence-electron chi connectivity index (χ1n) is 10.5. The molecule has 8 nitrogen and oxygen atoms in total. The standard InChI is InChI=1S/C25H25N5O3/c1-28-23(30(18-21-14-9-15-33-21)17-19-10-5-3-6-11-19)22(24(31)29(2)25(28)32)16-26-27-20-12-7-4-8-13-20/h3-16,27H,17-18H2,1-2H3/b26-16+. The highest BCUT2D eigenvalue weighted by Gasteiger charge is 2.21. The van der Waals surface area contributed by atoms with Crippen LogP contribution in [0.2, 0.25) is 0 Å². The van der Waals surface area contributed by atoms with Crippen LogP contribution >= 0.6 is 0 Å². The van der Waals surface area contributed by atoms with Gasteiger partial charge < -0.3 is 9.32 Å². The zero-order valence-electron chi connectivity index (χ0n) is 18.5. The van der Waals surface area contributed by atoms with Gasteiger partial charge >= 0.3 is 5.69 Å². The third-order valence-corrected chi connectivity index (χ3v) is 5.27. The summed E-state index contributed by atoms with van der Waals surface area (Å²) >= 11 is 0. The molecule has 0 bridgehead atoms. The van der Waals surface area contributed by atoms with E-state index >= 15 is 0 Å². The molecule has 0 saturated heterocycles. The topological polar surface area (TPSA) is 84.8 Å². The van der Waals surface area contributed by atoms with Gasteiger partial charge in [0, 0.05) is 20.6 Å². The molecule has 0 aliphatic carbocycles. The lowest BCUT2D eigenvalue weighted by Gasteiger charge is -2.27. The van der Waals surface area contributed by atoms with Crippen LogP contribution in [-0.2, 0) is 27.2 Å². The van der Waals surface area contributed by atoms with Crippen LogP contribution in [0.15, 0.2) is 98.2 Å². The molecule has 0 fully saturated rings. The summed E-state index contributed by atoms with van der Waals surface area (Å²) in [5.74, 6) is 1.17. The Morgan fingerprint density at radius 2 is 1.61 bits per heavy atom. The summed E-state index contributed by atoms with van der Waals surface area (Å²) in [6.45, 7) is 0.838. The molecule has 2 heterocycles. The Morgan fingerprint density at radius 1 is 0.909 bits per heavy atom. The van der Waals surface area contributed by atoms with Crippen LogP contribution in [0.3, 0.4) is 0 Å². The number of nitrogens with one attached hydrogen (secondary N) is 1. The molecular formula is C25H25N5O3. The lowest BCUT2D eigenvalue weighted by atomic mass is 10.2. The number of nitrogens with zero attached hydrogens (tertiary/aromatic N) is 4. The summed E-state index contributed by atoms with van der Waals surface area (Å²) < 4.78 is 8.12. The maximum absolute atomic E-state index is 13.1. The van der Waals surface area contributed by atoms with Crippen molar-refractivity contribution >= 4 is 17.7 Å². The third kappa shape index (κ3) is 4.95. The number of hydrogen-bond donors (Lipinski definition) is 1. The SMILES string of the molecule is Cn1c(N(Cc2ccccc2)Cc2ccco2)c(/C=N/Nc2ccccc2)c(=O)n(C)c1=O. The van der Waals surface area contributed by atoms with Gasteiger partial charge in [0.1, 0.15) is 17.1 Å². The van der Waals surface area contributed by atoms with E-state index in [1.165, 1.54) is 17.8 Å². The Balaban J connectivity index is 1.80. The molecule has 0 unspecified atom stereocenters. The van der Waals surface area contributed by atoms with Gasteiger partial charge in [-0.05, 0) is 29.8 Å². The first-order chi connectivity index (χ1) is 16.0. The Morgan fingerprint density at radius 3 is 2.27 bits per heavy atom. The van der Waals surface area contributed by atoms with Gasteiger partial charge in [-0.3, -0.25) is 19.4 Å². The molecule has 0 spiro atoms. The second-order valence-corrected chi connectivity index (χ2v) is 7.60. The van der Waals surface area contributed by atoms with E-state index in [1.54, 1.807) is 13.3 Å². The molecule has 2 aromatic carbocycles. The van der Waals surface area contributed by atoms with E-state index in [4.69, 9.17) is 4.42 Å². The summed E-state index contributed by atoms with van der Waals surface area (Å²) in [5.41, 5.74) is 4.20. The highest BCUT2D eigenvalue weighted by atomic mass is 16.3. The molecule has 4 aromatic rings. The van der Waals surface area contributed by atoms with Gasteiger partial charge in [0.25, 0.3) is 5.56 Å². The van der Waals surface area contributed by atoms with E-state index in [-0.39, 0.29) is 0 Å². The second-order valence-electron chi connectivity index (χ2n) is 7.60. The van der Waals surface area contributed by atoms with Crippen LogP contribution in [0.5, 0.6) is 0 Å². The number of aromatic nitrogens is 2. The molecular weight excluding hydrogens is 418 g/mol. The van der Waals surface area contributed by atoms with Crippen LogP contribution < -0.4 is 21.6 Å². The third-order valence-electron chi connectivity index (χ3n) is 5.27. The van der Waals surface area contributed by atoms with E-state index in [0.717, 1.165) is 15.8 Å². The van der Waals surface area contributed by atoms with Crippen molar-refractivity contribution in [3.05, 3.63) is 117 Å². The van der Waals surface area contributed by atoms with Crippen molar-refractivity contribution in [1.82, 2.24) is 9.13 Å². The zero-order chi connectivity index (χ0) is 23.2. The van der Waals surface area contributed by atoms with Crippen molar-refractivity contribution < 1.29 is 4.42 Å². The van der Waals surface area contributed by atoms with Crippen molar-refractivity contribution in [2.45, 2.75) is 13.1 Å². The van der Waals surface area contributed by atoms with Crippen molar-refractivity contribution in [2.24, 2.45) is 19.2 Å². The lowest BCUT2D eigenvalue weighted by molar-refractivity contribution is 0.497. The normalized spacial score (nSPS) is 11.1. The number of hydrazone groups is 1. The minimum atomic E-state index is -0.427. The van der Waals surface area contributed by atoms with Crippen molar-refractivity contribution in [3.63, 3.8) is 0 Å². The minimum absolute atomic E-state index is 0.297. The van der Waals surface area contributed by atoms with Gasteiger partial charge in [0.2, 0.25) is 0 Å². The first-order valence-corrected chi connectivity index (χ1v) is 10.5. The monoisotopic (exact) mass is 443 g/mol. The molecule has 0 saturated carbocycles. The fraction of sp³-hybridized carbons (Fsp3) is 0.160. The molecule has 2 aromatic heterocycles. The fourth-order valence-electron chi connectivity index (χ4n) is 3.64. The van der Waals surface area contributed by atoms with E-state index in [0.29, 0.717) is 30.2 Å². The Hall–Kier alpha value is -4.33. The number of hydrogen-bond acceptors (Lipinski definition) is 6. The van der Waals surface area contributed by atoms with Gasteiger partial charge in [-0.15, -0.1) is 0 Å². The smallest absolute Gasteiger partial charge is 0.332 e. The van der Waals surface area contributed by atoms with Crippen LogP contribution in [0.1, 0.15) is 16.9 Å². The van der Waals surface area contributed by atoms with Crippen LogP contribution in [0.4, 0.5) is 11.5 Å². The zero-order valence-corrected chi connectivity index (χ0v) is 18.5. The number of furan rings is 1. The molecule has 33 heavy (non-hydrogen) atoms. The van der Waals surface area contributed by atoms with E-state index in [1.807, 2.05) is 77.7 Å². The summed E-state index contributed by atoms with van der Waals surface area (Å²) in [5, 5.41) is 4.28. The van der Waals surface area contributed by atoms with E-state index in [9.17, 15) is 9.59 Å². The van der Waals surface area contributed by atoms with Crippen molar-refractivity contribution in [3.8, 4) is 0 Å². The number of para-hydroxylation sites is 1. The lowest BCUT2D eigenvalue weighted by Crippen LogP contribution is -2.43. The van der Waals surface area contributed by atoms with Crippen molar-refractivity contribution in [2.75, 3.05) is 10.3 Å². The Bertz CT molecular complexity index is 1340. The quantitative estimate of drug-likeness (QED) is 0.334. The van der Waals surface area contributed by atoms with E-state index < -0.39 is 11.2 Å². The minimum Gasteiger partial charge on any atom is -0.467 e. The number of anilines is 2. The maximum atomic E-state index is 13.1. The van der Waals surface area contributed by atoms with Gasteiger partial charge in [-0.2, -0.15) is 5.10 Å². The van der Waals surface area contributed by atoms with Gasteiger partial charge in [0.05, 0.1) is 24.7 Å². The van der Waals surface area contributed by atoms with Gasteiger partial charge in [0.15, 0.2) is 0 Å². The molecule has 4 rings (SSSR count). The molecule has 0 aliphatic heterocycles. The first kappa shape index (κ1) is 21.9. The highest BCUT2D eigenvalue weighted by molar-refractivity contribution is 5.86. The second kappa shape index (κ2) is 9.86. The number of rotatable bonds is 8. The average Bonchev–Trinajstić information content (AvgIpc) is 3.35. The summed E-state index contributed by atoms with van der Waals surface area (Å²) in [7, 11) is 3.11. The maximum Gasteiger partial charge on any atom is 0.332 e. The van der Waals surface area contributed by atoms with Crippen LogP contribution in [0.25, 0.3) is 0 Å². The Labute approximate surface area is 191 Å². The highest BCUT2D eigenvalue weighted by Crippen LogP contribution is 2.21. The molecule has 0 aliphatic rings. The van der Waals surface area contributed by atoms with Gasteiger partial charge in [-0.25, -0.2) is 4.79 Å². The summed E-state index contributed by atoms with van der Waals surface area (Å²) in [4.78, 5) is 27.9. The fourth-order valence-corrected chi connectivity index (χ4v) is 3.64. The molecule has 168 valence electrons. The largest absolute Gasteiger partial charge is 0.467 e. The predicted molar refractivity (Wildman–Crippen MR) is 130 cm³/mol. The van der Waals surface area contributed by atoms with Crippen LogP contribution in [-0.4, -0.2) is 15.3 Å². The van der Waals surface area contributed by atoms with E-state index in [2.05, 4.69) is 10.5 Å². The molecule has 0 atom stereocenters. The Kier molecular flexibility index (Phi) is 6.54. The predicted octanol–water partition coefficient (Wildman–Crippen LogP) is 3.33. The average molecular weight is 444 g/mol. The van der Waals surface area contributed by atoms with Gasteiger partial charge in [-0.1, -0.05) is 48.5 Å². The summed E-state index contributed by atoms with van der Waals surface area (Å²) in [6, 6.07) is 23.0. The molecule has 8 heteroatoms.